The molecule has 0 saturated heterocycles. The molecular formula is C12H12FN3OS. The molecule has 1 amide bonds. The quantitative estimate of drug-likeness (QED) is 0.884. The summed E-state index contributed by atoms with van der Waals surface area (Å²) in [6.45, 7) is 0.172. The summed E-state index contributed by atoms with van der Waals surface area (Å²) in [5.41, 5.74) is 6.56. The van der Waals surface area contributed by atoms with Crippen LogP contribution in [0, 0.1) is 5.82 Å². The normalized spacial score (nSPS) is 10.3. The second-order valence-corrected chi connectivity index (χ2v) is 4.61. The minimum Gasteiger partial charge on any atom is -0.375 e. The van der Waals surface area contributed by atoms with Crippen molar-refractivity contribution in [2.45, 2.75) is 13.0 Å². The highest BCUT2D eigenvalue weighted by molar-refractivity contribution is 7.13. The minimum absolute atomic E-state index is 0.155. The number of anilines is 1. The third-order valence-electron chi connectivity index (χ3n) is 2.35. The van der Waals surface area contributed by atoms with Crippen molar-refractivity contribution in [2.24, 2.45) is 0 Å². The second-order valence-electron chi connectivity index (χ2n) is 3.72. The molecule has 2 rings (SSSR count). The van der Waals surface area contributed by atoms with Crippen molar-refractivity contribution in [2.75, 3.05) is 5.73 Å². The maximum absolute atomic E-state index is 13.3. The predicted molar refractivity (Wildman–Crippen MR) is 68.5 cm³/mol. The number of hydrogen-bond acceptors (Lipinski definition) is 4. The molecule has 0 bridgehead atoms. The molecule has 0 aliphatic carbocycles. The van der Waals surface area contributed by atoms with Crippen LogP contribution >= 0.6 is 11.3 Å². The molecule has 1 aromatic carbocycles. The van der Waals surface area contributed by atoms with Crippen LogP contribution in [0.2, 0.25) is 0 Å². The van der Waals surface area contributed by atoms with E-state index in [1.54, 1.807) is 23.6 Å². The summed E-state index contributed by atoms with van der Waals surface area (Å²) in [5, 5.41) is 4.81. The van der Waals surface area contributed by atoms with Gasteiger partial charge in [-0.15, -0.1) is 11.3 Å². The predicted octanol–water partition coefficient (Wildman–Crippen LogP) is 1.72. The summed E-state index contributed by atoms with van der Waals surface area (Å²) in [5.74, 6) is -0.528. The van der Waals surface area contributed by atoms with E-state index in [1.807, 2.05) is 0 Å². The third kappa shape index (κ3) is 3.27. The van der Waals surface area contributed by atoms with Crippen LogP contribution in [0.25, 0.3) is 0 Å². The largest absolute Gasteiger partial charge is 0.375 e. The summed E-state index contributed by atoms with van der Waals surface area (Å²) < 4.78 is 13.3. The first-order chi connectivity index (χ1) is 8.65. The van der Waals surface area contributed by atoms with Gasteiger partial charge >= 0.3 is 0 Å². The van der Waals surface area contributed by atoms with Gasteiger partial charge < -0.3 is 11.1 Å². The van der Waals surface area contributed by atoms with Crippen LogP contribution in [0.4, 0.5) is 9.52 Å². The van der Waals surface area contributed by atoms with Crippen LogP contribution in [0.15, 0.2) is 29.6 Å². The van der Waals surface area contributed by atoms with Gasteiger partial charge in [0.15, 0.2) is 5.13 Å². The monoisotopic (exact) mass is 265 g/mol. The fourth-order valence-corrected chi connectivity index (χ4v) is 2.03. The Labute approximate surface area is 108 Å². The first kappa shape index (κ1) is 12.5. The highest BCUT2D eigenvalue weighted by Crippen LogP contribution is 2.11. The first-order valence-electron chi connectivity index (χ1n) is 5.35. The van der Waals surface area contributed by atoms with Gasteiger partial charge in [-0.3, -0.25) is 4.79 Å². The molecule has 1 heterocycles. The number of halogens is 1. The van der Waals surface area contributed by atoms with Crippen molar-refractivity contribution in [1.82, 2.24) is 10.3 Å². The molecule has 0 aliphatic rings. The zero-order valence-electron chi connectivity index (χ0n) is 9.52. The topological polar surface area (TPSA) is 68.0 Å². The average molecular weight is 265 g/mol. The molecule has 0 aliphatic heterocycles. The lowest BCUT2D eigenvalue weighted by Gasteiger charge is -2.05. The molecular weight excluding hydrogens is 253 g/mol. The molecule has 0 atom stereocenters. The standard InChI is InChI=1S/C12H12FN3OS/c13-10-4-2-1-3-8(10)6-15-11(17)5-9-7-18-12(14)16-9/h1-4,7H,5-6H2,(H2,14,16)(H,15,17). The van der Waals surface area contributed by atoms with Crippen LogP contribution in [-0.4, -0.2) is 10.9 Å². The van der Waals surface area contributed by atoms with Gasteiger partial charge in [-0.25, -0.2) is 9.37 Å². The van der Waals surface area contributed by atoms with E-state index in [2.05, 4.69) is 10.3 Å². The summed E-state index contributed by atoms with van der Waals surface area (Å²) in [6.07, 6.45) is 0.155. The van der Waals surface area contributed by atoms with Gasteiger partial charge in [-0.2, -0.15) is 0 Å². The third-order valence-corrected chi connectivity index (χ3v) is 3.07. The Hall–Kier alpha value is -1.95. The van der Waals surface area contributed by atoms with E-state index in [4.69, 9.17) is 5.73 Å². The van der Waals surface area contributed by atoms with Gasteiger partial charge in [-0.05, 0) is 6.07 Å². The van der Waals surface area contributed by atoms with Crippen molar-refractivity contribution in [3.63, 3.8) is 0 Å². The number of aromatic nitrogens is 1. The number of hydrogen-bond donors (Lipinski definition) is 2. The molecule has 6 heteroatoms. The highest BCUT2D eigenvalue weighted by Gasteiger charge is 2.07. The number of rotatable bonds is 4. The zero-order valence-corrected chi connectivity index (χ0v) is 10.3. The lowest BCUT2D eigenvalue weighted by atomic mass is 10.2. The number of nitrogens with one attached hydrogen (secondary N) is 1. The molecule has 0 fully saturated rings. The van der Waals surface area contributed by atoms with Crippen LogP contribution in [-0.2, 0) is 17.8 Å². The maximum atomic E-state index is 13.3. The fourth-order valence-electron chi connectivity index (χ4n) is 1.47. The maximum Gasteiger partial charge on any atom is 0.226 e. The lowest BCUT2D eigenvalue weighted by molar-refractivity contribution is -0.120. The Kier molecular flexibility index (Phi) is 3.88. The zero-order chi connectivity index (χ0) is 13.0. The van der Waals surface area contributed by atoms with Crippen molar-refractivity contribution in [1.29, 1.82) is 0 Å². The number of benzene rings is 1. The Morgan fingerprint density at radius 3 is 2.89 bits per heavy atom. The average Bonchev–Trinajstić information content (AvgIpc) is 2.74. The number of nitrogen functional groups attached to an aromatic ring is 1. The fraction of sp³-hybridized carbons (Fsp3) is 0.167. The van der Waals surface area contributed by atoms with Crippen molar-refractivity contribution in [3.8, 4) is 0 Å². The number of thiazole rings is 1. The van der Waals surface area contributed by atoms with Gasteiger partial charge in [0.2, 0.25) is 5.91 Å². The summed E-state index contributed by atoms with van der Waals surface area (Å²) in [4.78, 5) is 15.6. The molecule has 0 unspecified atom stereocenters. The molecule has 4 nitrogen and oxygen atoms in total. The molecule has 0 radical (unpaired) electrons. The Morgan fingerprint density at radius 2 is 2.22 bits per heavy atom. The Bertz CT molecular complexity index is 556. The van der Waals surface area contributed by atoms with Gasteiger partial charge in [0, 0.05) is 17.5 Å². The molecule has 94 valence electrons. The van der Waals surface area contributed by atoms with E-state index in [0.717, 1.165) is 0 Å². The lowest BCUT2D eigenvalue weighted by Crippen LogP contribution is -2.25. The van der Waals surface area contributed by atoms with Crippen molar-refractivity contribution < 1.29 is 9.18 Å². The van der Waals surface area contributed by atoms with Gasteiger partial charge in [-0.1, -0.05) is 18.2 Å². The van der Waals surface area contributed by atoms with Crippen molar-refractivity contribution >= 4 is 22.4 Å². The number of amides is 1. The number of carbonyl (C=O) groups excluding carboxylic acids is 1. The second kappa shape index (κ2) is 5.59. The highest BCUT2D eigenvalue weighted by atomic mass is 32.1. The molecule has 1 aromatic heterocycles. The molecule has 0 saturated carbocycles. The van der Waals surface area contributed by atoms with E-state index in [-0.39, 0.29) is 24.7 Å². The SMILES string of the molecule is Nc1nc(CC(=O)NCc2ccccc2F)cs1. The molecule has 2 aromatic rings. The van der Waals surface area contributed by atoms with Crippen molar-refractivity contribution in [3.05, 3.63) is 46.7 Å². The van der Waals surface area contributed by atoms with Crippen LogP contribution in [0.1, 0.15) is 11.3 Å². The summed E-state index contributed by atoms with van der Waals surface area (Å²) in [7, 11) is 0. The number of nitrogens with zero attached hydrogens (tertiary/aromatic N) is 1. The van der Waals surface area contributed by atoms with Crippen LogP contribution in [0.3, 0.4) is 0 Å². The van der Waals surface area contributed by atoms with Crippen LogP contribution < -0.4 is 11.1 Å². The van der Waals surface area contributed by atoms with Gasteiger partial charge in [0.1, 0.15) is 5.82 Å². The van der Waals surface area contributed by atoms with Crippen LogP contribution in [0.5, 0.6) is 0 Å². The van der Waals surface area contributed by atoms with E-state index in [1.165, 1.54) is 17.4 Å². The smallest absolute Gasteiger partial charge is 0.226 e. The van der Waals surface area contributed by atoms with E-state index < -0.39 is 0 Å². The Balaban J connectivity index is 1.87. The van der Waals surface area contributed by atoms with E-state index in [9.17, 15) is 9.18 Å². The molecule has 18 heavy (non-hydrogen) atoms. The summed E-state index contributed by atoms with van der Waals surface area (Å²) >= 11 is 1.29. The number of nitrogens with two attached hydrogens (primary N) is 1. The van der Waals surface area contributed by atoms with Gasteiger partial charge in [0.05, 0.1) is 12.1 Å². The number of carbonyl (C=O) groups is 1. The first-order valence-corrected chi connectivity index (χ1v) is 6.23. The van der Waals surface area contributed by atoms with Gasteiger partial charge in [0.25, 0.3) is 0 Å². The van der Waals surface area contributed by atoms with E-state index >= 15 is 0 Å². The Morgan fingerprint density at radius 1 is 1.44 bits per heavy atom. The minimum atomic E-state index is -0.323. The molecule has 3 N–H and O–H groups in total. The van der Waals surface area contributed by atoms with E-state index in [0.29, 0.717) is 16.4 Å². The molecule has 0 spiro atoms. The summed E-state index contributed by atoms with van der Waals surface area (Å²) in [6, 6.07) is 6.34.